The van der Waals surface area contributed by atoms with Crippen LogP contribution in [0.1, 0.15) is 40.0 Å². The van der Waals surface area contributed by atoms with Gasteiger partial charge >= 0.3 is 0 Å². The molecule has 2 aliphatic rings. The summed E-state index contributed by atoms with van der Waals surface area (Å²) < 4.78 is 5.28. The first kappa shape index (κ1) is 22.8. The van der Waals surface area contributed by atoms with E-state index in [0.29, 0.717) is 43.1 Å². The van der Waals surface area contributed by atoms with Crippen molar-refractivity contribution in [2.24, 2.45) is 0 Å². The van der Waals surface area contributed by atoms with E-state index in [4.69, 9.17) is 4.74 Å². The van der Waals surface area contributed by atoms with Crippen LogP contribution in [0.25, 0.3) is 0 Å². The monoisotopic (exact) mass is 450 g/mol. The van der Waals surface area contributed by atoms with Gasteiger partial charge in [-0.15, -0.1) is 0 Å². The maximum atomic E-state index is 12.5. The quantitative estimate of drug-likeness (QED) is 0.706. The number of piperidine rings is 1. The van der Waals surface area contributed by atoms with E-state index in [1.165, 1.54) is 6.42 Å². The Balaban J connectivity index is 1.24. The number of benzene rings is 2. The molecule has 0 saturated carbocycles. The number of nitrogens with zero attached hydrogens (tertiary/aromatic N) is 2. The van der Waals surface area contributed by atoms with Crippen molar-refractivity contribution in [1.82, 2.24) is 9.80 Å². The number of hydrogen-bond donors (Lipinski definition) is 2. The predicted molar refractivity (Wildman–Crippen MR) is 126 cm³/mol. The Morgan fingerprint density at radius 3 is 1.79 bits per heavy atom. The molecule has 2 heterocycles. The number of rotatable bonds is 6. The zero-order chi connectivity index (χ0) is 23.0. The van der Waals surface area contributed by atoms with Crippen LogP contribution in [0.4, 0.5) is 11.4 Å². The second kappa shape index (κ2) is 11.0. The van der Waals surface area contributed by atoms with Crippen molar-refractivity contribution in [1.29, 1.82) is 0 Å². The fourth-order valence-corrected chi connectivity index (χ4v) is 4.04. The largest absolute Gasteiger partial charge is 0.378 e. The van der Waals surface area contributed by atoms with Crippen molar-refractivity contribution < 1.29 is 19.1 Å². The number of hydrogen-bond acceptors (Lipinski definition) is 5. The summed E-state index contributed by atoms with van der Waals surface area (Å²) in [6.07, 6.45) is 3.31. The van der Waals surface area contributed by atoms with Gasteiger partial charge < -0.3 is 25.2 Å². The van der Waals surface area contributed by atoms with E-state index < -0.39 is 0 Å². The first-order valence-electron chi connectivity index (χ1n) is 11.5. The molecule has 8 heteroatoms. The number of morpholine rings is 1. The van der Waals surface area contributed by atoms with Crippen LogP contribution in [-0.2, 0) is 9.53 Å². The Morgan fingerprint density at radius 2 is 1.21 bits per heavy atom. The lowest BCUT2D eigenvalue weighted by Crippen LogP contribution is -2.40. The summed E-state index contributed by atoms with van der Waals surface area (Å²) in [4.78, 5) is 41.0. The van der Waals surface area contributed by atoms with Crippen molar-refractivity contribution in [3.63, 3.8) is 0 Å². The van der Waals surface area contributed by atoms with Crippen molar-refractivity contribution in [2.45, 2.75) is 19.3 Å². The number of anilines is 2. The number of carbonyl (C=O) groups is 3. The molecule has 4 rings (SSSR count). The Morgan fingerprint density at radius 1 is 0.697 bits per heavy atom. The molecule has 2 aromatic rings. The second-order valence-electron chi connectivity index (χ2n) is 8.31. The maximum absolute atomic E-state index is 12.5. The molecule has 33 heavy (non-hydrogen) atoms. The van der Waals surface area contributed by atoms with Gasteiger partial charge in [-0.1, -0.05) is 0 Å². The number of likely N-dealkylation sites (tertiary alicyclic amines) is 1. The van der Waals surface area contributed by atoms with Gasteiger partial charge in [0.1, 0.15) is 0 Å². The molecule has 0 unspecified atom stereocenters. The van der Waals surface area contributed by atoms with Crippen molar-refractivity contribution in [3.05, 3.63) is 59.7 Å². The molecular weight excluding hydrogens is 420 g/mol. The minimum Gasteiger partial charge on any atom is -0.378 e. The zero-order valence-electron chi connectivity index (χ0n) is 18.7. The fourth-order valence-electron chi connectivity index (χ4n) is 4.04. The Bertz CT molecular complexity index is 963. The first-order valence-corrected chi connectivity index (χ1v) is 11.5. The van der Waals surface area contributed by atoms with E-state index >= 15 is 0 Å². The van der Waals surface area contributed by atoms with Crippen LogP contribution < -0.4 is 10.6 Å². The lowest BCUT2D eigenvalue weighted by atomic mass is 10.1. The average molecular weight is 451 g/mol. The van der Waals surface area contributed by atoms with E-state index in [9.17, 15) is 14.4 Å². The molecule has 2 saturated heterocycles. The normalized spacial score (nSPS) is 16.2. The van der Waals surface area contributed by atoms with Crippen LogP contribution in [0.15, 0.2) is 48.5 Å². The van der Waals surface area contributed by atoms with Crippen molar-refractivity contribution >= 4 is 29.1 Å². The third-order valence-electron chi connectivity index (χ3n) is 5.94. The van der Waals surface area contributed by atoms with Crippen molar-refractivity contribution in [3.8, 4) is 0 Å². The lowest BCUT2D eigenvalue weighted by Gasteiger charge is -2.26. The molecule has 0 aromatic heterocycles. The molecule has 2 aromatic carbocycles. The smallest absolute Gasteiger partial charge is 0.254 e. The van der Waals surface area contributed by atoms with Gasteiger partial charge in [-0.25, -0.2) is 0 Å². The minimum atomic E-state index is -0.198. The van der Waals surface area contributed by atoms with Gasteiger partial charge in [-0.2, -0.15) is 0 Å². The van der Waals surface area contributed by atoms with Gasteiger partial charge in [0.05, 0.1) is 19.8 Å². The van der Waals surface area contributed by atoms with Crippen LogP contribution in [0.3, 0.4) is 0 Å². The van der Waals surface area contributed by atoms with E-state index in [-0.39, 0.29) is 24.3 Å². The molecule has 0 bridgehead atoms. The Hall–Kier alpha value is -3.39. The molecule has 2 aliphatic heterocycles. The zero-order valence-corrected chi connectivity index (χ0v) is 18.7. The topological polar surface area (TPSA) is 91.0 Å². The molecule has 0 atom stereocenters. The summed E-state index contributed by atoms with van der Waals surface area (Å²) in [5, 5.41) is 5.90. The summed E-state index contributed by atoms with van der Waals surface area (Å²) in [6, 6.07) is 14.1. The minimum absolute atomic E-state index is 0.0277. The molecule has 2 fully saturated rings. The Labute approximate surface area is 193 Å². The van der Waals surface area contributed by atoms with Gasteiger partial charge in [0.25, 0.3) is 11.8 Å². The SMILES string of the molecule is O=C(CNc1ccc(C(=O)N2CCCCC2)cc1)Nc1ccc(C(=O)N2CCOCC2)cc1. The molecule has 8 nitrogen and oxygen atoms in total. The number of carbonyl (C=O) groups excluding carboxylic acids is 3. The van der Waals surface area contributed by atoms with Crippen LogP contribution in [0.5, 0.6) is 0 Å². The number of ether oxygens (including phenoxy) is 1. The lowest BCUT2D eigenvalue weighted by molar-refractivity contribution is -0.114. The van der Waals surface area contributed by atoms with E-state index in [1.54, 1.807) is 41.3 Å². The highest BCUT2D eigenvalue weighted by Gasteiger charge is 2.19. The van der Waals surface area contributed by atoms with Crippen LogP contribution in [-0.4, -0.2) is 73.5 Å². The van der Waals surface area contributed by atoms with Crippen molar-refractivity contribution in [2.75, 3.05) is 56.6 Å². The van der Waals surface area contributed by atoms with E-state index in [2.05, 4.69) is 10.6 Å². The van der Waals surface area contributed by atoms with Gasteiger partial charge in [-0.05, 0) is 67.8 Å². The molecule has 3 amide bonds. The second-order valence-corrected chi connectivity index (χ2v) is 8.31. The number of nitrogens with one attached hydrogen (secondary N) is 2. The van der Waals surface area contributed by atoms with Crippen LogP contribution >= 0.6 is 0 Å². The van der Waals surface area contributed by atoms with E-state index in [1.807, 2.05) is 17.0 Å². The predicted octanol–water partition coefficient (Wildman–Crippen LogP) is 2.84. The summed E-state index contributed by atoms with van der Waals surface area (Å²) in [6.45, 7) is 4.04. The third kappa shape index (κ3) is 6.10. The Kier molecular flexibility index (Phi) is 7.57. The molecule has 0 radical (unpaired) electrons. The molecule has 174 valence electrons. The van der Waals surface area contributed by atoms with Gasteiger partial charge in [0.2, 0.25) is 5.91 Å². The summed E-state index contributed by atoms with van der Waals surface area (Å²) >= 11 is 0. The third-order valence-corrected chi connectivity index (χ3v) is 5.94. The average Bonchev–Trinajstić information content (AvgIpc) is 2.88. The summed E-state index contributed by atoms with van der Waals surface area (Å²) in [5.74, 6) is -0.162. The standard InChI is InChI=1S/C25H30N4O4/c30-23(27-22-10-6-20(7-11-22)25(32)29-14-16-33-17-15-29)18-26-21-8-4-19(5-9-21)24(31)28-12-2-1-3-13-28/h4-11,26H,1-3,12-18H2,(H,27,30). The summed E-state index contributed by atoms with van der Waals surface area (Å²) in [5.41, 5.74) is 2.65. The van der Waals surface area contributed by atoms with E-state index in [0.717, 1.165) is 31.6 Å². The maximum Gasteiger partial charge on any atom is 0.254 e. The number of amides is 3. The molecule has 0 aliphatic carbocycles. The molecule has 2 N–H and O–H groups in total. The molecular formula is C25H30N4O4. The fraction of sp³-hybridized carbons (Fsp3) is 0.400. The van der Waals surface area contributed by atoms with Crippen LogP contribution in [0.2, 0.25) is 0 Å². The highest BCUT2D eigenvalue weighted by atomic mass is 16.5. The first-order chi connectivity index (χ1) is 16.1. The summed E-state index contributed by atoms with van der Waals surface area (Å²) in [7, 11) is 0. The molecule has 0 spiro atoms. The van der Waals surface area contributed by atoms with Gasteiger partial charge in [-0.3, -0.25) is 14.4 Å². The van der Waals surface area contributed by atoms with Gasteiger partial charge in [0.15, 0.2) is 0 Å². The highest BCUT2D eigenvalue weighted by molar-refractivity contribution is 5.97. The highest BCUT2D eigenvalue weighted by Crippen LogP contribution is 2.16. The van der Waals surface area contributed by atoms with Gasteiger partial charge in [0, 0.05) is 48.7 Å². The van der Waals surface area contributed by atoms with Crippen LogP contribution in [0, 0.1) is 0 Å².